The fraction of sp³-hybridized carbons (Fsp3) is 0.0328. The summed E-state index contributed by atoms with van der Waals surface area (Å²) < 4.78 is 2.26. The fourth-order valence-corrected chi connectivity index (χ4v) is 12.0. The second-order valence-electron chi connectivity index (χ2n) is 17.4. The number of fused-ring (bicyclic) bond motifs is 15. The highest BCUT2D eigenvalue weighted by Gasteiger charge is 2.52. The van der Waals surface area contributed by atoms with Crippen LogP contribution in [-0.2, 0) is 10.8 Å². The van der Waals surface area contributed by atoms with E-state index in [1.54, 1.807) is 0 Å². The molecule has 1 unspecified atom stereocenters. The van der Waals surface area contributed by atoms with Crippen LogP contribution in [0.3, 0.4) is 0 Å². The molecule has 0 fully saturated rings. The smallest absolute Gasteiger partial charge is 0.164 e. The van der Waals surface area contributed by atoms with Crippen molar-refractivity contribution < 1.29 is 0 Å². The van der Waals surface area contributed by atoms with E-state index in [-0.39, 0.29) is 0 Å². The van der Waals surface area contributed by atoms with Crippen molar-refractivity contribution in [2.45, 2.75) is 10.8 Å². The van der Waals surface area contributed by atoms with Gasteiger partial charge in [0.05, 0.1) is 21.9 Å². The van der Waals surface area contributed by atoms with Gasteiger partial charge in [0.2, 0.25) is 0 Å². The molecule has 4 nitrogen and oxygen atoms in total. The molecule has 11 aromatic rings. The number of rotatable bonds is 5. The molecular weight excluding hydrogens is 789 g/mol. The topological polar surface area (TPSA) is 43.6 Å². The summed E-state index contributed by atoms with van der Waals surface area (Å²) >= 11 is 0. The highest BCUT2D eigenvalue weighted by Crippen LogP contribution is 2.63. The van der Waals surface area contributed by atoms with Crippen LogP contribution >= 0.6 is 0 Å². The molecule has 4 heteroatoms. The van der Waals surface area contributed by atoms with Gasteiger partial charge in [-0.15, -0.1) is 0 Å². The summed E-state index contributed by atoms with van der Waals surface area (Å²) in [4.78, 5) is 15.3. The average Bonchev–Trinajstić information content (AvgIpc) is 4.10. The Kier molecular flexibility index (Phi) is 7.50. The number of hydrogen-bond donors (Lipinski definition) is 0. The Labute approximate surface area is 376 Å². The number of benzene rings is 8. The number of pyridine rings is 2. The van der Waals surface area contributed by atoms with Gasteiger partial charge in [0.15, 0.2) is 5.82 Å². The quantitative estimate of drug-likeness (QED) is 0.174. The first-order valence-corrected chi connectivity index (χ1v) is 22.3. The molecule has 0 saturated carbocycles. The molecule has 3 heterocycles. The van der Waals surface area contributed by atoms with E-state index >= 15 is 0 Å². The summed E-state index contributed by atoms with van der Waals surface area (Å²) in [5.41, 5.74) is 22.7. The van der Waals surface area contributed by atoms with Gasteiger partial charge < -0.3 is 0 Å². The van der Waals surface area contributed by atoms with Crippen LogP contribution in [0, 0.1) is 0 Å². The van der Waals surface area contributed by atoms with Gasteiger partial charge in [-0.3, -0.25) is 14.5 Å². The summed E-state index contributed by atoms with van der Waals surface area (Å²) in [5.74, 6) is 0.802. The third-order valence-corrected chi connectivity index (χ3v) is 14.5. The zero-order chi connectivity index (χ0) is 42.7. The molecule has 3 aliphatic carbocycles. The molecule has 65 heavy (non-hydrogen) atoms. The van der Waals surface area contributed by atoms with E-state index in [0.29, 0.717) is 0 Å². The minimum atomic E-state index is -0.726. The van der Waals surface area contributed by atoms with Crippen LogP contribution in [0.5, 0.6) is 0 Å². The molecular formula is C61H38N4. The zero-order valence-corrected chi connectivity index (χ0v) is 35.2. The molecule has 3 aromatic heterocycles. The Morgan fingerprint density at radius 1 is 0.385 bits per heavy atom. The van der Waals surface area contributed by atoms with Gasteiger partial charge in [-0.1, -0.05) is 170 Å². The maximum Gasteiger partial charge on any atom is 0.164 e. The summed E-state index contributed by atoms with van der Waals surface area (Å²) in [5, 5.41) is 0. The number of para-hydroxylation sites is 1. The van der Waals surface area contributed by atoms with Gasteiger partial charge in [0.25, 0.3) is 0 Å². The van der Waals surface area contributed by atoms with Crippen molar-refractivity contribution in [2.75, 3.05) is 0 Å². The molecule has 3 aliphatic rings. The molecule has 302 valence electrons. The van der Waals surface area contributed by atoms with Gasteiger partial charge in [-0.05, 0) is 126 Å². The van der Waals surface area contributed by atoms with Crippen LogP contribution in [0.15, 0.2) is 231 Å². The van der Waals surface area contributed by atoms with Gasteiger partial charge in [0, 0.05) is 29.8 Å². The first-order chi connectivity index (χ1) is 32.3. The van der Waals surface area contributed by atoms with Crippen LogP contribution in [0.4, 0.5) is 0 Å². The SMILES string of the molecule is c1ccc(-n2c(-c3ccccn3)nc3c4c(ccc32)-c2ccccc2C4(c2ccc(-c3ccc4c(c3)C3(c5ccccc5-c5ccccc53)c3ccccc3-4)cc2)c2cccnc2)cc1. The lowest BCUT2D eigenvalue weighted by Gasteiger charge is -2.33. The number of nitrogens with zero attached hydrogens (tertiary/aromatic N) is 4. The lowest BCUT2D eigenvalue weighted by molar-refractivity contribution is 0.768. The largest absolute Gasteiger partial charge is 0.291 e. The molecule has 14 rings (SSSR count). The van der Waals surface area contributed by atoms with Gasteiger partial charge in [-0.2, -0.15) is 0 Å². The van der Waals surface area contributed by atoms with Crippen molar-refractivity contribution in [3.8, 4) is 61.7 Å². The van der Waals surface area contributed by atoms with Crippen molar-refractivity contribution in [2.24, 2.45) is 0 Å². The minimum absolute atomic E-state index is 0.403. The summed E-state index contributed by atoms with van der Waals surface area (Å²) in [7, 11) is 0. The molecule has 0 N–H and O–H groups in total. The molecule has 1 spiro atoms. The predicted molar refractivity (Wildman–Crippen MR) is 261 cm³/mol. The number of hydrogen-bond acceptors (Lipinski definition) is 3. The van der Waals surface area contributed by atoms with Crippen molar-refractivity contribution in [3.05, 3.63) is 275 Å². The van der Waals surface area contributed by atoms with E-state index < -0.39 is 10.8 Å². The Balaban J connectivity index is 0.996. The summed E-state index contributed by atoms with van der Waals surface area (Å²) in [6.07, 6.45) is 5.75. The van der Waals surface area contributed by atoms with Crippen LogP contribution in [0.2, 0.25) is 0 Å². The van der Waals surface area contributed by atoms with E-state index in [1.165, 1.54) is 72.3 Å². The van der Waals surface area contributed by atoms with Crippen LogP contribution in [0.1, 0.15) is 44.5 Å². The van der Waals surface area contributed by atoms with Crippen LogP contribution < -0.4 is 0 Å². The lowest BCUT2D eigenvalue weighted by Crippen LogP contribution is -2.29. The Bertz CT molecular complexity index is 3640. The van der Waals surface area contributed by atoms with Gasteiger partial charge in [0.1, 0.15) is 5.69 Å². The first-order valence-electron chi connectivity index (χ1n) is 22.3. The first kappa shape index (κ1) is 36.1. The molecule has 0 amide bonds. The molecule has 0 saturated heterocycles. The number of imidazole rings is 1. The van der Waals surface area contributed by atoms with Crippen molar-refractivity contribution >= 4 is 11.0 Å². The van der Waals surface area contributed by atoms with Crippen molar-refractivity contribution in [3.63, 3.8) is 0 Å². The van der Waals surface area contributed by atoms with E-state index in [1.807, 2.05) is 36.8 Å². The van der Waals surface area contributed by atoms with Crippen LogP contribution in [0.25, 0.3) is 72.7 Å². The molecule has 1 atom stereocenters. The number of aromatic nitrogens is 4. The molecule has 0 bridgehead atoms. The summed E-state index contributed by atoms with van der Waals surface area (Å²) in [6.45, 7) is 0. The van der Waals surface area contributed by atoms with Gasteiger partial charge in [-0.25, -0.2) is 4.98 Å². The molecule has 0 radical (unpaired) electrons. The Hall–Kier alpha value is -8.47. The maximum absolute atomic E-state index is 5.62. The Morgan fingerprint density at radius 2 is 0.954 bits per heavy atom. The third-order valence-electron chi connectivity index (χ3n) is 14.5. The minimum Gasteiger partial charge on any atom is -0.291 e. The molecule has 0 aliphatic heterocycles. The standard InChI is InChI=1S/C61H38N4/c1-2-16-43(17-3-1)65-56-34-33-49-47-21-7-8-22-50(47)60(42-15-14-35-62-38-42,57(49)58(56)64-59(65)55-26-12-13-36-63-55)41-30-27-39(28-31-41)40-29-32-48-46-20-6-11-25-53(46)61(54(48)37-40)51-23-9-4-18-44(51)45-19-5-10-24-52(45)61/h1-38H. The summed E-state index contributed by atoms with van der Waals surface area (Å²) in [6, 6.07) is 77.8. The van der Waals surface area contributed by atoms with E-state index in [2.05, 4.69) is 199 Å². The van der Waals surface area contributed by atoms with E-state index in [4.69, 9.17) is 15.0 Å². The van der Waals surface area contributed by atoms with Gasteiger partial charge >= 0.3 is 0 Å². The van der Waals surface area contributed by atoms with Crippen LogP contribution in [-0.4, -0.2) is 19.5 Å². The second-order valence-corrected chi connectivity index (χ2v) is 17.4. The lowest BCUT2D eigenvalue weighted by atomic mass is 9.67. The highest BCUT2D eigenvalue weighted by molar-refractivity contribution is 6.00. The van der Waals surface area contributed by atoms with E-state index in [0.717, 1.165) is 44.9 Å². The maximum atomic E-state index is 5.62. The monoisotopic (exact) mass is 826 g/mol. The van der Waals surface area contributed by atoms with Crippen molar-refractivity contribution in [1.82, 2.24) is 19.5 Å². The molecule has 8 aromatic carbocycles. The highest BCUT2D eigenvalue weighted by atomic mass is 15.1. The zero-order valence-electron chi connectivity index (χ0n) is 35.2. The van der Waals surface area contributed by atoms with Crippen molar-refractivity contribution in [1.29, 1.82) is 0 Å². The fourth-order valence-electron chi connectivity index (χ4n) is 12.0. The average molecular weight is 827 g/mol. The predicted octanol–water partition coefficient (Wildman–Crippen LogP) is 13.9. The third kappa shape index (κ3) is 4.72. The van der Waals surface area contributed by atoms with E-state index in [9.17, 15) is 0 Å². The second kappa shape index (κ2) is 13.5. The Morgan fingerprint density at radius 3 is 1.58 bits per heavy atom. The normalized spacial score (nSPS) is 15.6.